The van der Waals surface area contributed by atoms with Crippen LogP contribution in [-0.2, 0) is 32.6 Å². The van der Waals surface area contributed by atoms with Gasteiger partial charge in [-0.3, -0.25) is 13.9 Å². The average Bonchev–Trinajstić information content (AvgIpc) is 3.05. The molecule has 4 aromatic rings. The first-order valence-corrected chi connectivity index (χ1v) is 17.4. The van der Waals surface area contributed by atoms with Crippen molar-refractivity contribution in [3.05, 3.63) is 124 Å². The second-order valence-corrected chi connectivity index (χ2v) is 14.0. The number of nitrogens with zero attached hydrogens (tertiary/aromatic N) is 2. The Morgan fingerprint density at radius 1 is 0.891 bits per heavy atom. The van der Waals surface area contributed by atoms with Crippen LogP contribution in [0.2, 0.25) is 0 Å². The van der Waals surface area contributed by atoms with Crippen LogP contribution in [-0.4, -0.2) is 50.9 Å². The van der Waals surface area contributed by atoms with Crippen molar-refractivity contribution in [2.24, 2.45) is 0 Å². The Kier molecular flexibility index (Phi) is 12.0. The third-order valence-electron chi connectivity index (χ3n) is 7.73. The minimum absolute atomic E-state index is 0.0280. The summed E-state index contributed by atoms with van der Waals surface area (Å²) in [7, 11) is -2.79. The number of aryl methyl sites for hydroxylation is 1. The first kappa shape index (κ1) is 34.7. The van der Waals surface area contributed by atoms with Crippen LogP contribution in [0.1, 0.15) is 37.0 Å². The van der Waals surface area contributed by atoms with Crippen molar-refractivity contribution < 1.29 is 22.7 Å². The third kappa shape index (κ3) is 8.76. The fraction of sp³-hybridized carbons (Fsp3) is 0.278. The highest BCUT2D eigenvalue weighted by molar-refractivity contribution is 9.10. The molecule has 8 nitrogen and oxygen atoms in total. The van der Waals surface area contributed by atoms with Crippen LogP contribution in [0.4, 0.5) is 5.69 Å². The maximum Gasteiger partial charge on any atom is 0.264 e. The van der Waals surface area contributed by atoms with Crippen molar-refractivity contribution >= 4 is 43.5 Å². The minimum atomic E-state index is -4.24. The predicted octanol–water partition coefficient (Wildman–Crippen LogP) is 6.52. The Hall–Kier alpha value is -4.15. The molecule has 242 valence electrons. The molecule has 0 radical (unpaired) electrons. The number of anilines is 1. The van der Waals surface area contributed by atoms with Crippen LogP contribution in [0.3, 0.4) is 0 Å². The fourth-order valence-corrected chi connectivity index (χ4v) is 6.94. The lowest BCUT2D eigenvalue weighted by Gasteiger charge is -2.34. The topological polar surface area (TPSA) is 96.0 Å². The van der Waals surface area contributed by atoms with Gasteiger partial charge in [0.2, 0.25) is 11.8 Å². The normalized spacial score (nSPS) is 12.5. The number of nitrogens with one attached hydrogen (secondary N) is 1. The summed E-state index contributed by atoms with van der Waals surface area (Å²) in [4.78, 5) is 30.1. The SMILES string of the molecule is CCC(C)NC(=O)C(Cc1ccccc1)N(Cc1cccc(Br)c1)C(=O)CN(c1cc(C)ccc1OC)S(=O)(=O)c1ccccc1. The minimum Gasteiger partial charge on any atom is -0.495 e. The molecule has 4 aromatic carbocycles. The van der Waals surface area contributed by atoms with E-state index in [1.165, 1.54) is 24.1 Å². The Morgan fingerprint density at radius 3 is 2.17 bits per heavy atom. The number of carbonyl (C=O) groups excluding carboxylic acids is 2. The number of rotatable bonds is 14. The molecule has 0 spiro atoms. The molecule has 0 fully saturated rings. The van der Waals surface area contributed by atoms with Crippen LogP contribution < -0.4 is 14.4 Å². The fourth-order valence-electron chi connectivity index (χ4n) is 5.06. The van der Waals surface area contributed by atoms with Gasteiger partial charge in [-0.2, -0.15) is 0 Å². The standard InChI is InChI=1S/C36H40BrN3O5S/c1-5-27(3)38-36(42)33(23-28-13-8-6-9-14-28)39(24-29-15-12-16-30(37)22-29)35(41)25-40(32-21-26(2)19-20-34(32)45-4)46(43,44)31-17-10-7-11-18-31/h6-22,27,33H,5,23-25H2,1-4H3,(H,38,42). The zero-order chi connectivity index (χ0) is 33.3. The number of sulfonamides is 1. The Morgan fingerprint density at radius 2 is 1.54 bits per heavy atom. The third-order valence-corrected chi connectivity index (χ3v) is 9.99. The molecule has 2 atom stereocenters. The second kappa shape index (κ2) is 15.9. The molecule has 2 unspecified atom stereocenters. The van der Waals surface area contributed by atoms with Crippen molar-refractivity contribution in [2.75, 3.05) is 18.0 Å². The van der Waals surface area contributed by atoms with Crippen molar-refractivity contribution in [1.82, 2.24) is 10.2 Å². The molecule has 4 rings (SSSR count). The number of methoxy groups -OCH3 is 1. The van der Waals surface area contributed by atoms with E-state index >= 15 is 0 Å². The molecule has 0 aliphatic rings. The van der Waals surface area contributed by atoms with Gasteiger partial charge in [-0.15, -0.1) is 0 Å². The van der Waals surface area contributed by atoms with Gasteiger partial charge in [-0.05, 0) is 73.4 Å². The van der Waals surface area contributed by atoms with Gasteiger partial charge in [-0.1, -0.05) is 89.6 Å². The molecule has 0 aliphatic heterocycles. The lowest BCUT2D eigenvalue weighted by Crippen LogP contribution is -2.54. The van der Waals surface area contributed by atoms with E-state index in [1.807, 2.05) is 81.4 Å². The van der Waals surface area contributed by atoms with Gasteiger partial charge in [-0.25, -0.2) is 8.42 Å². The average molecular weight is 707 g/mol. The van der Waals surface area contributed by atoms with E-state index in [0.717, 1.165) is 25.5 Å². The Balaban J connectivity index is 1.85. The molecular formula is C36H40BrN3O5S. The van der Waals surface area contributed by atoms with Gasteiger partial charge in [0.05, 0.1) is 17.7 Å². The summed E-state index contributed by atoms with van der Waals surface area (Å²) in [6, 6.07) is 29.1. The second-order valence-electron chi connectivity index (χ2n) is 11.2. The summed E-state index contributed by atoms with van der Waals surface area (Å²) in [6.07, 6.45) is 0.946. The van der Waals surface area contributed by atoms with E-state index in [4.69, 9.17) is 4.74 Å². The van der Waals surface area contributed by atoms with E-state index in [9.17, 15) is 18.0 Å². The van der Waals surface area contributed by atoms with Gasteiger partial charge >= 0.3 is 0 Å². The van der Waals surface area contributed by atoms with Crippen molar-refractivity contribution in [3.63, 3.8) is 0 Å². The van der Waals surface area contributed by atoms with Gasteiger partial charge in [0, 0.05) is 23.5 Å². The summed E-state index contributed by atoms with van der Waals surface area (Å²) in [6.45, 7) is 5.24. The van der Waals surface area contributed by atoms with Crippen molar-refractivity contribution in [1.29, 1.82) is 0 Å². The first-order chi connectivity index (χ1) is 22.0. The highest BCUT2D eigenvalue weighted by Crippen LogP contribution is 2.34. The summed E-state index contributed by atoms with van der Waals surface area (Å²) in [5.74, 6) is -0.553. The van der Waals surface area contributed by atoms with E-state index in [1.54, 1.807) is 30.3 Å². The van der Waals surface area contributed by atoms with Gasteiger partial charge in [0.15, 0.2) is 0 Å². The number of halogens is 1. The predicted molar refractivity (Wildman–Crippen MR) is 185 cm³/mol. The smallest absolute Gasteiger partial charge is 0.264 e. The number of hydrogen-bond acceptors (Lipinski definition) is 5. The maximum absolute atomic E-state index is 14.7. The zero-order valence-electron chi connectivity index (χ0n) is 26.5. The summed E-state index contributed by atoms with van der Waals surface area (Å²) < 4.78 is 36.0. The molecule has 0 saturated heterocycles. The van der Waals surface area contributed by atoms with Crippen LogP contribution in [0.15, 0.2) is 112 Å². The lowest BCUT2D eigenvalue weighted by molar-refractivity contribution is -0.140. The molecule has 46 heavy (non-hydrogen) atoms. The van der Waals surface area contributed by atoms with Gasteiger partial charge < -0.3 is 15.0 Å². The largest absolute Gasteiger partial charge is 0.495 e. The molecule has 0 bridgehead atoms. The molecule has 0 heterocycles. The number of hydrogen-bond donors (Lipinski definition) is 1. The van der Waals surface area contributed by atoms with E-state index in [0.29, 0.717) is 12.2 Å². The van der Waals surface area contributed by atoms with Crippen LogP contribution in [0.5, 0.6) is 5.75 Å². The monoisotopic (exact) mass is 705 g/mol. The quantitative estimate of drug-likeness (QED) is 0.161. The number of ether oxygens (including phenoxy) is 1. The first-order valence-electron chi connectivity index (χ1n) is 15.1. The Labute approximate surface area is 280 Å². The van der Waals surface area contributed by atoms with Crippen LogP contribution >= 0.6 is 15.9 Å². The maximum atomic E-state index is 14.7. The number of amides is 2. The van der Waals surface area contributed by atoms with Crippen LogP contribution in [0, 0.1) is 6.92 Å². The molecule has 1 N–H and O–H groups in total. The zero-order valence-corrected chi connectivity index (χ0v) is 28.9. The number of carbonyl (C=O) groups is 2. The summed E-state index contributed by atoms with van der Waals surface area (Å²) in [5, 5.41) is 3.06. The molecule has 0 aliphatic carbocycles. The molecular weight excluding hydrogens is 666 g/mol. The molecule has 2 amide bonds. The molecule has 0 aromatic heterocycles. The van der Waals surface area contributed by atoms with Crippen LogP contribution in [0.25, 0.3) is 0 Å². The van der Waals surface area contributed by atoms with E-state index < -0.39 is 28.5 Å². The van der Waals surface area contributed by atoms with Crippen molar-refractivity contribution in [3.8, 4) is 5.75 Å². The van der Waals surface area contributed by atoms with Gasteiger partial charge in [0.1, 0.15) is 18.3 Å². The summed E-state index contributed by atoms with van der Waals surface area (Å²) in [5.41, 5.74) is 2.67. The Bertz CT molecular complexity index is 1740. The molecule has 10 heteroatoms. The number of benzene rings is 4. The lowest BCUT2D eigenvalue weighted by atomic mass is 10.0. The highest BCUT2D eigenvalue weighted by atomic mass is 79.9. The van der Waals surface area contributed by atoms with Gasteiger partial charge in [0.25, 0.3) is 10.0 Å². The highest BCUT2D eigenvalue weighted by Gasteiger charge is 2.36. The molecule has 0 saturated carbocycles. The van der Waals surface area contributed by atoms with Crippen molar-refractivity contribution in [2.45, 2.75) is 57.1 Å². The van der Waals surface area contributed by atoms with E-state index in [-0.39, 0.29) is 35.5 Å². The van der Waals surface area contributed by atoms with E-state index in [2.05, 4.69) is 21.2 Å². The summed E-state index contributed by atoms with van der Waals surface area (Å²) >= 11 is 3.51.